The first-order valence-electron chi connectivity index (χ1n) is 12.7. The lowest BCUT2D eigenvalue weighted by molar-refractivity contribution is 0.0493. The quantitative estimate of drug-likeness (QED) is 0.287. The minimum Gasteiger partial charge on any atom is -0.444 e. The van der Waals surface area contributed by atoms with E-state index in [0.29, 0.717) is 22.4 Å². The lowest BCUT2D eigenvalue weighted by Gasteiger charge is -2.29. The summed E-state index contributed by atoms with van der Waals surface area (Å²) in [6.07, 6.45) is 8.60. The normalized spacial score (nSPS) is 17.8. The zero-order valence-corrected chi connectivity index (χ0v) is 22.5. The predicted molar refractivity (Wildman–Crippen MR) is 148 cm³/mol. The van der Waals surface area contributed by atoms with E-state index >= 15 is 0 Å². The molecule has 5 rings (SSSR count). The molecule has 1 saturated carbocycles. The van der Waals surface area contributed by atoms with Gasteiger partial charge in [-0.1, -0.05) is 0 Å². The molecule has 0 aliphatic heterocycles. The Balaban J connectivity index is 1.20. The highest BCUT2D eigenvalue weighted by atomic mass is 32.2. The van der Waals surface area contributed by atoms with Crippen molar-refractivity contribution in [2.75, 3.05) is 5.32 Å². The number of benzene rings is 1. The van der Waals surface area contributed by atoms with E-state index in [0.717, 1.165) is 41.6 Å². The number of rotatable bonds is 6. The van der Waals surface area contributed by atoms with Crippen LogP contribution in [0.1, 0.15) is 46.5 Å². The molecule has 198 valence electrons. The Hall–Kier alpha value is -3.66. The van der Waals surface area contributed by atoms with Crippen LogP contribution < -0.4 is 10.6 Å². The van der Waals surface area contributed by atoms with Crippen molar-refractivity contribution >= 4 is 40.3 Å². The first-order chi connectivity index (χ1) is 18.2. The van der Waals surface area contributed by atoms with Crippen molar-refractivity contribution in [3.63, 3.8) is 0 Å². The molecular weight excluding hydrogens is 503 g/mol. The van der Waals surface area contributed by atoms with Gasteiger partial charge in [-0.2, -0.15) is 5.10 Å². The topological polar surface area (TPSA) is 94.0 Å². The van der Waals surface area contributed by atoms with Crippen LogP contribution in [0.4, 0.5) is 20.7 Å². The van der Waals surface area contributed by atoms with Gasteiger partial charge in [0.25, 0.3) is 0 Å². The standard InChI is InChI=1S/C28H31FN6O2S/c1-28(2,3)37-27(36)32-19-6-9-21(10-7-19)38-26-12-5-18-17-30-25(16-24(18)34-26)33-23-11-8-20(15-22(23)29)35-14-4-13-31-35/h4-5,8,11-17,19,21H,6-7,9-10H2,1-3H3,(H,30,33)(H,32,36). The number of hydrogen-bond donors (Lipinski definition) is 2. The van der Waals surface area contributed by atoms with Crippen LogP contribution in [-0.4, -0.2) is 42.7 Å². The maximum atomic E-state index is 14.8. The SMILES string of the molecule is CC(C)(C)OC(=O)NC1CCC(Sc2ccc3cnc(Nc4ccc(-n5cccn5)cc4F)cc3n2)CC1. The second kappa shape index (κ2) is 11.0. The Kier molecular flexibility index (Phi) is 7.51. The van der Waals surface area contributed by atoms with Crippen LogP contribution in [0.2, 0.25) is 0 Å². The summed E-state index contributed by atoms with van der Waals surface area (Å²) in [4.78, 5) is 21.3. The van der Waals surface area contributed by atoms with Crippen LogP contribution in [-0.2, 0) is 4.74 Å². The third-order valence-electron chi connectivity index (χ3n) is 6.21. The van der Waals surface area contributed by atoms with Gasteiger partial charge in [0.15, 0.2) is 0 Å². The van der Waals surface area contributed by atoms with Gasteiger partial charge in [-0.25, -0.2) is 23.8 Å². The van der Waals surface area contributed by atoms with Crippen molar-refractivity contribution in [3.05, 3.63) is 66.9 Å². The van der Waals surface area contributed by atoms with Gasteiger partial charge in [0.2, 0.25) is 0 Å². The number of nitrogens with one attached hydrogen (secondary N) is 2. The number of anilines is 2. The molecule has 4 aromatic rings. The van der Waals surface area contributed by atoms with Crippen LogP contribution in [0.3, 0.4) is 0 Å². The van der Waals surface area contributed by atoms with Crippen LogP contribution >= 0.6 is 11.8 Å². The summed E-state index contributed by atoms with van der Waals surface area (Å²) in [5.41, 5.74) is 1.27. The first kappa shape index (κ1) is 26.0. The second-order valence-electron chi connectivity index (χ2n) is 10.4. The fourth-order valence-corrected chi connectivity index (χ4v) is 5.56. The van der Waals surface area contributed by atoms with Gasteiger partial charge in [-0.15, -0.1) is 11.8 Å². The van der Waals surface area contributed by atoms with E-state index in [1.165, 1.54) is 6.07 Å². The molecular formula is C28H31FN6O2S. The van der Waals surface area contributed by atoms with Gasteiger partial charge in [0, 0.05) is 47.4 Å². The summed E-state index contributed by atoms with van der Waals surface area (Å²) in [6.45, 7) is 5.60. The molecule has 3 heterocycles. The lowest BCUT2D eigenvalue weighted by atomic mass is 9.95. The number of pyridine rings is 2. The number of nitrogens with zero attached hydrogens (tertiary/aromatic N) is 4. The molecule has 2 N–H and O–H groups in total. The van der Waals surface area contributed by atoms with Gasteiger partial charge in [-0.05, 0) is 76.8 Å². The average molecular weight is 535 g/mol. The number of carbonyl (C=O) groups excluding carboxylic acids is 1. The summed E-state index contributed by atoms with van der Waals surface area (Å²) in [6, 6.07) is 12.7. The fourth-order valence-electron chi connectivity index (χ4n) is 4.41. The number of ether oxygens (including phenoxy) is 1. The largest absolute Gasteiger partial charge is 0.444 e. The Bertz CT molecular complexity index is 1410. The van der Waals surface area contributed by atoms with Gasteiger partial charge < -0.3 is 15.4 Å². The van der Waals surface area contributed by atoms with Crippen LogP contribution in [0.5, 0.6) is 0 Å². The zero-order valence-electron chi connectivity index (χ0n) is 21.6. The number of aromatic nitrogens is 4. The molecule has 0 radical (unpaired) electrons. The Morgan fingerprint density at radius 3 is 2.66 bits per heavy atom. The van der Waals surface area contributed by atoms with Crippen molar-refractivity contribution in [3.8, 4) is 5.69 Å². The van der Waals surface area contributed by atoms with Crippen LogP contribution in [0.25, 0.3) is 16.6 Å². The Morgan fingerprint density at radius 2 is 1.95 bits per heavy atom. The number of hydrogen-bond acceptors (Lipinski definition) is 7. The summed E-state index contributed by atoms with van der Waals surface area (Å²) >= 11 is 1.76. The minimum atomic E-state index is -0.497. The van der Waals surface area contributed by atoms with Crippen molar-refractivity contribution in [2.45, 2.75) is 68.4 Å². The highest BCUT2D eigenvalue weighted by molar-refractivity contribution is 7.99. The van der Waals surface area contributed by atoms with Crippen LogP contribution in [0.15, 0.2) is 66.1 Å². The highest BCUT2D eigenvalue weighted by Crippen LogP contribution is 2.34. The maximum Gasteiger partial charge on any atom is 0.407 e. The van der Waals surface area contributed by atoms with Crippen molar-refractivity contribution in [2.24, 2.45) is 0 Å². The number of halogens is 1. The first-order valence-corrected chi connectivity index (χ1v) is 13.6. The smallest absolute Gasteiger partial charge is 0.407 e. The fraction of sp³-hybridized carbons (Fsp3) is 0.357. The van der Waals surface area contributed by atoms with E-state index in [4.69, 9.17) is 9.72 Å². The molecule has 0 bridgehead atoms. The van der Waals surface area contributed by atoms with E-state index in [1.54, 1.807) is 53.2 Å². The summed E-state index contributed by atoms with van der Waals surface area (Å²) in [7, 11) is 0. The van der Waals surface area contributed by atoms with Gasteiger partial charge in [-0.3, -0.25) is 0 Å². The molecule has 0 spiro atoms. The molecule has 38 heavy (non-hydrogen) atoms. The average Bonchev–Trinajstić information content (AvgIpc) is 3.40. The molecule has 1 aromatic carbocycles. The van der Waals surface area contributed by atoms with Gasteiger partial charge in [0.1, 0.15) is 17.2 Å². The molecule has 0 atom stereocenters. The third kappa shape index (κ3) is 6.61. The molecule has 3 aromatic heterocycles. The minimum absolute atomic E-state index is 0.139. The molecule has 1 aliphatic carbocycles. The number of fused-ring (bicyclic) bond motifs is 1. The molecule has 0 unspecified atom stereocenters. The zero-order chi connectivity index (χ0) is 26.7. The molecule has 1 amide bonds. The van der Waals surface area contributed by atoms with E-state index in [2.05, 4.69) is 20.7 Å². The third-order valence-corrected chi connectivity index (χ3v) is 7.49. The van der Waals surface area contributed by atoms with E-state index < -0.39 is 11.4 Å². The number of thioether (sulfide) groups is 1. The predicted octanol–water partition coefficient (Wildman–Crippen LogP) is 6.63. The molecule has 1 aliphatic rings. The molecule has 0 saturated heterocycles. The molecule has 10 heteroatoms. The highest BCUT2D eigenvalue weighted by Gasteiger charge is 2.25. The second-order valence-corrected chi connectivity index (χ2v) is 11.7. The Labute approximate surface area is 225 Å². The van der Waals surface area contributed by atoms with Crippen molar-refractivity contribution in [1.82, 2.24) is 25.1 Å². The van der Waals surface area contributed by atoms with E-state index in [-0.39, 0.29) is 12.1 Å². The summed E-state index contributed by atoms with van der Waals surface area (Å²) < 4.78 is 21.7. The lowest BCUT2D eigenvalue weighted by Crippen LogP contribution is -2.41. The summed E-state index contributed by atoms with van der Waals surface area (Å²) in [5, 5.41) is 12.5. The molecule has 1 fully saturated rings. The molecule has 8 nitrogen and oxygen atoms in total. The van der Waals surface area contributed by atoms with Gasteiger partial charge in [0.05, 0.1) is 21.9 Å². The van der Waals surface area contributed by atoms with Gasteiger partial charge >= 0.3 is 6.09 Å². The maximum absolute atomic E-state index is 14.8. The summed E-state index contributed by atoms with van der Waals surface area (Å²) in [5.74, 6) is 0.125. The van der Waals surface area contributed by atoms with Crippen LogP contribution in [0, 0.1) is 5.82 Å². The Morgan fingerprint density at radius 1 is 1.13 bits per heavy atom. The van der Waals surface area contributed by atoms with E-state index in [9.17, 15) is 9.18 Å². The monoisotopic (exact) mass is 534 g/mol. The van der Waals surface area contributed by atoms with Crippen molar-refractivity contribution in [1.29, 1.82) is 0 Å². The van der Waals surface area contributed by atoms with Crippen molar-refractivity contribution < 1.29 is 13.9 Å². The number of carbonyl (C=O) groups is 1. The number of alkyl carbamates (subject to hydrolysis) is 1. The number of amides is 1. The van der Waals surface area contributed by atoms with E-state index in [1.807, 2.05) is 39.0 Å².